The molecule has 0 spiro atoms. The van der Waals surface area contributed by atoms with Crippen LogP contribution in [0.25, 0.3) is 0 Å². The van der Waals surface area contributed by atoms with E-state index in [2.05, 4.69) is 27.7 Å². The van der Waals surface area contributed by atoms with E-state index in [4.69, 9.17) is 9.47 Å². The van der Waals surface area contributed by atoms with Crippen molar-refractivity contribution in [1.29, 1.82) is 0 Å². The molecule has 6 heteroatoms. The number of carbonyl (C=O) groups is 2. The molecule has 2 N–H and O–H groups in total. The summed E-state index contributed by atoms with van der Waals surface area (Å²) in [5.41, 5.74) is -2.24. The molecular formula is C26H36O6. The smallest absolute Gasteiger partial charge is 0.193 e. The summed E-state index contributed by atoms with van der Waals surface area (Å²) in [6, 6.07) is 0. The van der Waals surface area contributed by atoms with Crippen LogP contribution < -0.4 is 0 Å². The van der Waals surface area contributed by atoms with Gasteiger partial charge in [-0.1, -0.05) is 39.3 Å². The molecule has 0 radical (unpaired) electrons. The van der Waals surface area contributed by atoms with Gasteiger partial charge in [0.15, 0.2) is 23.0 Å². The molecule has 0 bridgehead atoms. The molecule has 176 valence electrons. The second kappa shape index (κ2) is 6.21. The fraction of sp³-hybridized carbons (Fsp3) is 0.769. The Hall–Kier alpha value is -1.34. The molecule has 1 saturated heterocycles. The van der Waals surface area contributed by atoms with Crippen molar-refractivity contribution in [1.82, 2.24) is 0 Å². The summed E-state index contributed by atoms with van der Waals surface area (Å²) in [5, 5.41) is 21.8. The zero-order valence-electron chi connectivity index (χ0n) is 20.0. The molecule has 0 aromatic carbocycles. The Morgan fingerprint density at radius 3 is 2.50 bits per heavy atom. The first-order valence-electron chi connectivity index (χ1n) is 11.9. The summed E-state index contributed by atoms with van der Waals surface area (Å²) in [6.45, 7) is 11.6. The summed E-state index contributed by atoms with van der Waals surface area (Å²) in [5.74, 6) is -1.21. The lowest BCUT2D eigenvalue weighted by Gasteiger charge is -2.69. The van der Waals surface area contributed by atoms with E-state index in [1.807, 2.05) is 19.9 Å². The highest BCUT2D eigenvalue weighted by Crippen LogP contribution is 2.78. The van der Waals surface area contributed by atoms with Crippen molar-refractivity contribution in [3.8, 4) is 0 Å². The Balaban J connectivity index is 1.69. The minimum absolute atomic E-state index is 0.00722. The molecule has 4 aliphatic carbocycles. The second-order valence-electron chi connectivity index (χ2n) is 12.1. The maximum absolute atomic E-state index is 13.4. The molecule has 0 aromatic heterocycles. The maximum atomic E-state index is 13.4. The van der Waals surface area contributed by atoms with Crippen LogP contribution >= 0.6 is 0 Å². The summed E-state index contributed by atoms with van der Waals surface area (Å²) >= 11 is 0. The summed E-state index contributed by atoms with van der Waals surface area (Å²) < 4.78 is 12.8. The largest absolute Gasteiger partial charge is 0.392 e. The number of ether oxygens (including phenoxy) is 2. The van der Waals surface area contributed by atoms with Crippen molar-refractivity contribution >= 4 is 11.6 Å². The van der Waals surface area contributed by atoms with Gasteiger partial charge in [-0.3, -0.25) is 9.59 Å². The normalized spacial score (nSPS) is 53.2. The van der Waals surface area contributed by atoms with E-state index in [9.17, 15) is 19.8 Å². The van der Waals surface area contributed by atoms with Crippen LogP contribution in [0.4, 0.5) is 0 Å². The number of aliphatic hydroxyl groups excluding tert-OH is 2. The quantitative estimate of drug-likeness (QED) is 0.680. The minimum Gasteiger partial charge on any atom is -0.392 e. The van der Waals surface area contributed by atoms with Gasteiger partial charge in [-0.15, -0.1) is 0 Å². The van der Waals surface area contributed by atoms with E-state index in [-0.39, 0.29) is 22.9 Å². The molecular weight excluding hydrogens is 408 g/mol. The Morgan fingerprint density at radius 1 is 1.16 bits per heavy atom. The number of rotatable bonds is 2. The van der Waals surface area contributed by atoms with Gasteiger partial charge in [0.25, 0.3) is 0 Å². The van der Waals surface area contributed by atoms with E-state index in [0.717, 1.165) is 18.4 Å². The van der Waals surface area contributed by atoms with Crippen molar-refractivity contribution < 1.29 is 29.3 Å². The fourth-order valence-corrected chi connectivity index (χ4v) is 8.87. The van der Waals surface area contributed by atoms with Crippen LogP contribution in [0.2, 0.25) is 0 Å². The number of ketones is 2. The highest BCUT2D eigenvalue weighted by molar-refractivity contribution is 6.01. The Morgan fingerprint density at radius 2 is 1.84 bits per heavy atom. The first-order valence-corrected chi connectivity index (χ1v) is 11.9. The molecule has 1 heterocycles. The number of carbonyl (C=O) groups excluding carboxylic acids is 2. The lowest BCUT2D eigenvalue weighted by molar-refractivity contribution is -0.265. The van der Waals surface area contributed by atoms with Crippen LogP contribution in [0.15, 0.2) is 23.8 Å². The highest BCUT2D eigenvalue weighted by Gasteiger charge is 2.82. The second-order valence-corrected chi connectivity index (χ2v) is 12.1. The molecule has 3 saturated carbocycles. The number of Topliss-reactive ketones (excluding diaryl/α,β-unsaturated/α-hetero) is 1. The predicted octanol–water partition coefficient (Wildman–Crippen LogP) is 3.11. The standard InChI is InChI=1S/C26H36O6/c1-21(2)31-20-13-23(4)17-8-7-15-11-16(28)9-10-22(15,3)25(17,6)18(29)12-24(23,5)26(20,32-21)19(30)14-27/h9-11,17-18,20,27,29H,7-8,12-14H2,1-6H3/t17?,18?,20-,22?,23+,24?,25-,26-/m1/s1. The van der Waals surface area contributed by atoms with Gasteiger partial charge in [0, 0.05) is 16.2 Å². The summed E-state index contributed by atoms with van der Waals surface area (Å²) in [6.07, 6.45) is 6.78. The third kappa shape index (κ3) is 2.21. The molecule has 0 aromatic rings. The van der Waals surface area contributed by atoms with Gasteiger partial charge in [0.2, 0.25) is 0 Å². The molecule has 4 unspecified atom stereocenters. The van der Waals surface area contributed by atoms with Crippen LogP contribution in [0.1, 0.15) is 67.2 Å². The van der Waals surface area contributed by atoms with Crippen molar-refractivity contribution in [2.24, 2.45) is 27.6 Å². The zero-order valence-corrected chi connectivity index (χ0v) is 20.0. The lowest BCUT2D eigenvalue weighted by atomic mass is 9.36. The molecule has 8 atom stereocenters. The Kier molecular flexibility index (Phi) is 4.35. The number of allylic oxidation sites excluding steroid dienone is 4. The molecule has 0 amide bonds. The first-order chi connectivity index (χ1) is 14.7. The van der Waals surface area contributed by atoms with E-state index in [1.165, 1.54) is 0 Å². The van der Waals surface area contributed by atoms with Gasteiger partial charge in [-0.05, 0) is 63.0 Å². The fourth-order valence-electron chi connectivity index (χ4n) is 8.87. The molecule has 1 aliphatic heterocycles. The molecule has 5 rings (SSSR count). The molecule has 32 heavy (non-hydrogen) atoms. The number of fused-ring (bicyclic) bond motifs is 7. The van der Waals surface area contributed by atoms with E-state index in [1.54, 1.807) is 12.2 Å². The Bertz CT molecular complexity index is 965. The molecule has 4 fully saturated rings. The van der Waals surface area contributed by atoms with E-state index < -0.39 is 46.4 Å². The summed E-state index contributed by atoms with van der Waals surface area (Å²) in [7, 11) is 0. The van der Waals surface area contributed by atoms with Crippen LogP contribution in [0.3, 0.4) is 0 Å². The van der Waals surface area contributed by atoms with Crippen LogP contribution in [0.5, 0.6) is 0 Å². The third-order valence-corrected chi connectivity index (χ3v) is 10.7. The minimum atomic E-state index is -1.29. The number of aliphatic hydroxyl groups is 2. The molecule has 5 aliphatic rings. The van der Waals surface area contributed by atoms with Gasteiger partial charge < -0.3 is 19.7 Å². The first kappa shape index (κ1) is 22.5. The Labute approximate surface area is 190 Å². The van der Waals surface area contributed by atoms with Crippen LogP contribution in [-0.4, -0.2) is 52.0 Å². The van der Waals surface area contributed by atoms with Crippen molar-refractivity contribution in [2.45, 2.75) is 90.8 Å². The van der Waals surface area contributed by atoms with Gasteiger partial charge in [0.1, 0.15) is 6.61 Å². The highest BCUT2D eigenvalue weighted by atomic mass is 16.8. The average Bonchev–Trinajstić information content (AvgIpc) is 3.07. The lowest BCUT2D eigenvalue weighted by Crippen LogP contribution is -2.70. The van der Waals surface area contributed by atoms with Gasteiger partial charge >= 0.3 is 0 Å². The van der Waals surface area contributed by atoms with Crippen LogP contribution in [0, 0.1) is 27.6 Å². The maximum Gasteiger partial charge on any atom is 0.193 e. The zero-order chi connectivity index (χ0) is 23.5. The van der Waals surface area contributed by atoms with E-state index >= 15 is 0 Å². The van der Waals surface area contributed by atoms with Gasteiger partial charge in [-0.25, -0.2) is 0 Å². The average molecular weight is 445 g/mol. The summed E-state index contributed by atoms with van der Waals surface area (Å²) in [4.78, 5) is 25.5. The van der Waals surface area contributed by atoms with Crippen molar-refractivity contribution in [3.05, 3.63) is 23.8 Å². The topological polar surface area (TPSA) is 93.1 Å². The molecule has 6 nitrogen and oxygen atoms in total. The third-order valence-electron chi connectivity index (χ3n) is 10.7. The van der Waals surface area contributed by atoms with Gasteiger partial charge in [0.05, 0.1) is 12.2 Å². The number of hydrogen-bond donors (Lipinski definition) is 2. The van der Waals surface area contributed by atoms with E-state index in [0.29, 0.717) is 12.8 Å². The van der Waals surface area contributed by atoms with Crippen LogP contribution in [-0.2, 0) is 19.1 Å². The number of hydrogen-bond acceptors (Lipinski definition) is 6. The van der Waals surface area contributed by atoms with Crippen molar-refractivity contribution in [2.75, 3.05) is 6.61 Å². The van der Waals surface area contributed by atoms with Crippen molar-refractivity contribution in [3.63, 3.8) is 0 Å². The monoisotopic (exact) mass is 444 g/mol. The SMILES string of the molecule is CC1(C)O[C@@H]2C[C@@]3(C)C4CCC5=CC(=O)C=CC5(C)[C@@]4(C)C(O)CC3(C)[C@]2(C(=O)CO)O1. The van der Waals surface area contributed by atoms with Gasteiger partial charge in [-0.2, -0.15) is 0 Å². The predicted molar refractivity (Wildman–Crippen MR) is 117 cm³/mol.